The highest BCUT2D eigenvalue weighted by Crippen LogP contribution is 2.24. The summed E-state index contributed by atoms with van der Waals surface area (Å²) in [7, 11) is 0. The zero-order chi connectivity index (χ0) is 18.8. The summed E-state index contributed by atoms with van der Waals surface area (Å²) >= 11 is 0. The van der Waals surface area contributed by atoms with E-state index in [9.17, 15) is 14.4 Å². The number of nitrogens with zero attached hydrogens (tertiary/aromatic N) is 2. The molecule has 3 N–H and O–H groups in total. The van der Waals surface area contributed by atoms with Gasteiger partial charge in [0.25, 0.3) is 5.91 Å². The van der Waals surface area contributed by atoms with Crippen molar-refractivity contribution in [3.8, 4) is 0 Å². The first-order chi connectivity index (χ1) is 12.4. The van der Waals surface area contributed by atoms with Crippen LogP contribution in [-0.4, -0.2) is 36.1 Å². The molecule has 1 aliphatic heterocycles. The van der Waals surface area contributed by atoms with Gasteiger partial charge in [-0.3, -0.25) is 19.9 Å². The summed E-state index contributed by atoms with van der Waals surface area (Å²) in [6.45, 7) is 3.85. The first-order valence-corrected chi connectivity index (χ1v) is 8.93. The number of nitrogens with one attached hydrogen (secondary N) is 1. The number of aryl methyl sites for hydroxylation is 2. The molecular formula is C19H24N4O3. The van der Waals surface area contributed by atoms with E-state index in [4.69, 9.17) is 5.73 Å². The number of benzene rings is 1. The summed E-state index contributed by atoms with van der Waals surface area (Å²) in [5, 5.41) is 2.25. The molecule has 1 aromatic carbocycles. The summed E-state index contributed by atoms with van der Waals surface area (Å²) in [6, 6.07) is 4.42. The van der Waals surface area contributed by atoms with Crippen molar-refractivity contribution in [1.82, 2.24) is 5.32 Å². The van der Waals surface area contributed by atoms with Gasteiger partial charge in [0.2, 0.25) is 5.91 Å². The first-order valence-electron chi connectivity index (χ1n) is 8.93. The fourth-order valence-electron chi connectivity index (χ4n) is 3.35. The van der Waals surface area contributed by atoms with Crippen LogP contribution in [0, 0.1) is 19.8 Å². The third-order valence-electron chi connectivity index (χ3n) is 5.16. The van der Waals surface area contributed by atoms with Crippen LogP contribution in [0.3, 0.4) is 0 Å². The molecule has 2 fully saturated rings. The Morgan fingerprint density at radius 3 is 2.58 bits per heavy atom. The van der Waals surface area contributed by atoms with Crippen LogP contribution >= 0.6 is 0 Å². The van der Waals surface area contributed by atoms with Crippen LogP contribution in [0.25, 0.3) is 0 Å². The second-order valence-electron chi connectivity index (χ2n) is 7.03. The Balaban J connectivity index is 1.84. The van der Waals surface area contributed by atoms with Crippen LogP contribution in [0.15, 0.2) is 23.2 Å². The number of carbonyl (C=O) groups is 3. The van der Waals surface area contributed by atoms with E-state index in [2.05, 4.69) is 10.3 Å². The molecule has 1 heterocycles. The predicted molar refractivity (Wildman–Crippen MR) is 99.2 cm³/mol. The second kappa shape index (κ2) is 7.37. The van der Waals surface area contributed by atoms with Gasteiger partial charge in [0.05, 0.1) is 11.7 Å². The normalized spacial score (nSPS) is 27.1. The molecule has 1 aliphatic carbocycles. The predicted octanol–water partition coefficient (Wildman–Crippen LogP) is 1.84. The Morgan fingerprint density at radius 1 is 1.15 bits per heavy atom. The summed E-state index contributed by atoms with van der Waals surface area (Å²) in [4.78, 5) is 42.6. The van der Waals surface area contributed by atoms with Gasteiger partial charge in [0, 0.05) is 12.3 Å². The number of hydrogen-bond acceptors (Lipinski definition) is 5. The molecule has 0 aromatic heterocycles. The number of hydrogen-bond donors (Lipinski definition) is 2. The number of barbiturate groups is 1. The fraction of sp³-hybridized carbons (Fsp3) is 0.474. The van der Waals surface area contributed by atoms with Crippen molar-refractivity contribution in [1.29, 1.82) is 0 Å². The Labute approximate surface area is 152 Å². The third-order valence-corrected chi connectivity index (χ3v) is 5.16. The Kier molecular flexibility index (Phi) is 5.18. The van der Waals surface area contributed by atoms with Crippen molar-refractivity contribution >= 4 is 29.7 Å². The standard InChI is InChI=1S/C19H24N4O3/c1-11-7-8-13(9-12(11)2)23-18(25)14(17(24)22-19(23)26)10-21-16-6-4-3-5-15(16)20/h7-10,14-16H,3-6,20H2,1-2H3,(H,22,24,26)/t14-,15+,16-/m1/s1. The average Bonchev–Trinajstić information content (AvgIpc) is 2.59. The van der Waals surface area contributed by atoms with E-state index in [1.807, 2.05) is 19.9 Å². The van der Waals surface area contributed by atoms with E-state index in [0.717, 1.165) is 41.7 Å². The number of urea groups is 1. The van der Waals surface area contributed by atoms with E-state index < -0.39 is 23.8 Å². The van der Waals surface area contributed by atoms with E-state index in [-0.39, 0.29) is 12.1 Å². The van der Waals surface area contributed by atoms with Crippen molar-refractivity contribution in [2.75, 3.05) is 4.90 Å². The fourth-order valence-corrected chi connectivity index (χ4v) is 3.35. The van der Waals surface area contributed by atoms with Crippen LogP contribution < -0.4 is 16.0 Å². The molecule has 2 aliphatic rings. The minimum Gasteiger partial charge on any atom is -0.326 e. The van der Waals surface area contributed by atoms with Gasteiger partial charge >= 0.3 is 6.03 Å². The van der Waals surface area contributed by atoms with Gasteiger partial charge in [-0.25, -0.2) is 9.69 Å². The highest BCUT2D eigenvalue weighted by atomic mass is 16.2. The van der Waals surface area contributed by atoms with Gasteiger partial charge in [-0.1, -0.05) is 18.9 Å². The average molecular weight is 356 g/mol. The Hall–Kier alpha value is -2.54. The van der Waals surface area contributed by atoms with Gasteiger partial charge in [-0.05, 0) is 49.9 Å². The third kappa shape index (κ3) is 3.53. The monoisotopic (exact) mass is 356 g/mol. The van der Waals surface area contributed by atoms with Gasteiger partial charge < -0.3 is 5.73 Å². The number of imide groups is 2. The number of anilines is 1. The molecule has 7 nitrogen and oxygen atoms in total. The molecule has 1 saturated carbocycles. The summed E-state index contributed by atoms with van der Waals surface area (Å²) in [6.07, 6.45) is 5.20. The zero-order valence-corrected chi connectivity index (χ0v) is 15.1. The Morgan fingerprint density at radius 2 is 1.88 bits per heavy atom. The molecule has 0 bridgehead atoms. The van der Waals surface area contributed by atoms with Gasteiger partial charge in [-0.15, -0.1) is 0 Å². The molecule has 1 saturated heterocycles. The molecule has 1 aromatic rings. The van der Waals surface area contributed by atoms with E-state index in [0.29, 0.717) is 5.69 Å². The largest absolute Gasteiger partial charge is 0.335 e. The lowest BCUT2D eigenvalue weighted by molar-refractivity contribution is -0.131. The number of rotatable bonds is 3. The van der Waals surface area contributed by atoms with Crippen LogP contribution in [0.5, 0.6) is 0 Å². The first kappa shape index (κ1) is 18.3. The van der Waals surface area contributed by atoms with Crippen molar-refractivity contribution in [2.45, 2.75) is 51.6 Å². The van der Waals surface area contributed by atoms with Gasteiger partial charge in [-0.2, -0.15) is 0 Å². The van der Waals surface area contributed by atoms with Crippen molar-refractivity contribution in [2.24, 2.45) is 16.6 Å². The summed E-state index contributed by atoms with van der Waals surface area (Å²) in [5.74, 6) is -2.35. The molecule has 3 atom stereocenters. The van der Waals surface area contributed by atoms with Gasteiger partial charge in [0.1, 0.15) is 0 Å². The van der Waals surface area contributed by atoms with E-state index in [1.54, 1.807) is 12.1 Å². The van der Waals surface area contributed by atoms with Crippen LogP contribution in [0.4, 0.5) is 10.5 Å². The number of aliphatic imine (C=N–C) groups is 1. The molecule has 3 rings (SSSR count). The van der Waals surface area contributed by atoms with Crippen molar-refractivity contribution in [3.63, 3.8) is 0 Å². The highest BCUT2D eigenvalue weighted by molar-refractivity contribution is 6.32. The van der Waals surface area contributed by atoms with Crippen molar-refractivity contribution < 1.29 is 14.4 Å². The summed E-state index contributed by atoms with van der Waals surface area (Å²) in [5.41, 5.74) is 8.52. The number of carbonyl (C=O) groups excluding carboxylic acids is 3. The SMILES string of the molecule is Cc1ccc(N2C(=O)NC(=O)[C@@H](C=N[C@@H]3CCCC[C@@H]3N)C2=O)cc1C. The second-order valence-corrected chi connectivity index (χ2v) is 7.03. The minimum absolute atomic E-state index is 0.0563. The van der Waals surface area contributed by atoms with Crippen molar-refractivity contribution in [3.05, 3.63) is 29.3 Å². The lowest BCUT2D eigenvalue weighted by Crippen LogP contribution is -2.58. The quantitative estimate of drug-likeness (QED) is 0.637. The lowest BCUT2D eigenvalue weighted by Gasteiger charge is -2.30. The molecule has 7 heteroatoms. The number of nitrogens with two attached hydrogens (primary N) is 1. The van der Waals surface area contributed by atoms with Crippen LogP contribution in [-0.2, 0) is 9.59 Å². The molecule has 0 radical (unpaired) electrons. The minimum atomic E-state index is -1.12. The van der Waals surface area contributed by atoms with E-state index in [1.165, 1.54) is 6.21 Å². The highest BCUT2D eigenvalue weighted by Gasteiger charge is 2.40. The zero-order valence-electron chi connectivity index (χ0n) is 15.1. The maximum absolute atomic E-state index is 12.8. The lowest BCUT2D eigenvalue weighted by atomic mass is 9.91. The van der Waals surface area contributed by atoms with Crippen LogP contribution in [0.2, 0.25) is 0 Å². The molecular weight excluding hydrogens is 332 g/mol. The summed E-state index contributed by atoms with van der Waals surface area (Å²) < 4.78 is 0. The Bertz CT molecular complexity index is 774. The maximum atomic E-state index is 12.8. The molecule has 138 valence electrons. The van der Waals surface area contributed by atoms with Gasteiger partial charge in [0.15, 0.2) is 5.92 Å². The molecule has 4 amide bonds. The van der Waals surface area contributed by atoms with E-state index >= 15 is 0 Å². The van der Waals surface area contributed by atoms with Crippen LogP contribution in [0.1, 0.15) is 36.8 Å². The molecule has 0 spiro atoms. The smallest absolute Gasteiger partial charge is 0.326 e. The number of amides is 4. The maximum Gasteiger partial charge on any atom is 0.335 e. The topological polar surface area (TPSA) is 105 Å². The molecule has 26 heavy (non-hydrogen) atoms. The molecule has 0 unspecified atom stereocenters.